The Hall–Kier alpha value is -2.84. The van der Waals surface area contributed by atoms with E-state index in [-0.39, 0.29) is 18.6 Å². The van der Waals surface area contributed by atoms with Gasteiger partial charge < -0.3 is 19.3 Å². The number of pyridine rings is 1. The fraction of sp³-hybridized carbons (Fsp3) is 0.600. The van der Waals surface area contributed by atoms with Gasteiger partial charge in [-0.05, 0) is 31.4 Å². The smallest absolute Gasteiger partial charge is 0.409 e. The molecule has 0 unspecified atom stereocenters. The maximum Gasteiger partial charge on any atom is 0.409 e. The number of piperazine rings is 1. The topological polar surface area (TPSA) is 89.8 Å². The molecule has 29 heavy (non-hydrogen) atoms. The molecule has 0 aromatic carbocycles. The third-order valence-corrected chi connectivity index (χ3v) is 4.85. The van der Waals surface area contributed by atoms with Gasteiger partial charge in [0.05, 0.1) is 12.0 Å². The van der Waals surface area contributed by atoms with Crippen molar-refractivity contribution in [1.82, 2.24) is 24.6 Å². The van der Waals surface area contributed by atoms with Crippen molar-refractivity contribution < 1.29 is 19.1 Å². The van der Waals surface area contributed by atoms with Gasteiger partial charge in [0, 0.05) is 38.9 Å². The summed E-state index contributed by atoms with van der Waals surface area (Å²) in [5, 5.41) is 5.19. The third-order valence-electron chi connectivity index (χ3n) is 4.85. The molecule has 0 spiro atoms. The monoisotopic (exact) mass is 403 g/mol. The van der Waals surface area contributed by atoms with Gasteiger partial charge in [0.15, 0.2) is 12.3 Å². The highest BCUT2D eigenvalue weighted by Gasteiger charge is 2.26. The number of carbonyl (C=O) groups excluding carboxylic acids is 2. The van der Waals surface area contributed by atoms with Gasteiger partial charge in [0.25, 0.3) is 5.91 Å². The summed E-state index contributed by atoms with van der Waals surface area (Å²) in [7, 11) is 1.81. The van der Waals surface area contributed by atoms with Gasteiger partial charge in [0.2, 0.25) is 5.88 Å². The van der Waals surface area contributed by atoms with E-state index in [0.717, 1.165) is 22.3 Å². The van der Waals surface area contributed by atoms with Crippen LogP contribution in [-0.2, 0) is 16.6 Å². The molecule has 0 aliphatic carbocycles. The van der Waals surface area contributed by atoms with Crippen LogP contribution in [0.15, 0.2) is 6.07 Å². The van der Waals surface area contributed by atoms with Crippen LogP contribution in [0.1, 0.15) is 25.1 Å². The van der Waals surface area contributed by atoms with Crippen LogP contribution in [0.3, 0.4) is 0 Å². The molecular formula is C20H29N5O4. The molecule has 1 fully saturated rings. The number of aromatic nitrogens is 3. The van der Waals surface area contributed by atoms with Crippen molar-refractivity contribution in [2.75, 3.05) is 39.4 Å². The van der Waals surface area contributed by atoms with E-state index in [9.17, 15) is 9.59 Å². The molecule has 9 heteroatoms. The lowest BCUT2D eigenvalue weighted by Gasteiger charge is -2.34. The van der Waals surface area contributed by atoms with E-state index in [0.29, 0.717) is 44.6 Å². The predicted molar refractivity (Wildman–Crippen MR) is 108 cm³/mol. The second kappa shape index (κ2) is 8.67. The van der Waals surface area contributed by atoms with Gasteiger partial charge in [0.1, 0.15) is 0 Å². The van der Waals surface area contributed by atoms with Crippen LogP contribution in [0.2, 0.25) is 0 Å². The van der Waals surface area contributed by atoms with E-state index in [1.54, 1.807) is 21.5 Å². The predicted octanol–water partition coefficient (Wildman–Crippen LogP) is 1.90. The van der Waals surface area contributed by atoms with E-state index in [1.807, 2.05) is 33.8 Å². The van der Waals surface area contributed by atoms with Crippen LogP contribution in [0.5, 0.6) is 5.88 Å². The van der Waals surface area contributed by atoms with Gasteiger partial charge in [-0.15, -0.1) is 5.10 Å². The molecule has 0 bridgehead atoms. The van der Waals surface area contributed by atoms with E-state index in [1.165, 1.54) is 0 Å². The van der Waals surface area contributed by atoms with Crippen LogP contribution in [0, 0.1) is 19.8 Å². The first-order chi connectivity index (χ1) is 13.8. The molecule has 158 valence electrons. The van der Waals surface area contributed by atoms with Crippen molar-refractivity contribution in [1.29, 1.82) is 0 Å². The molecule has 2 aromatic rings. The Balaban J connectivity index is 1.55. The van der Waals surface area contributed by atoms with E-state index >= 15 is 0 Å². The number of hydrogen-bond donors (Lipinski definition) is 0. The number of nitrogens with zero attached hydrogens (tertiary/aromatic N) is 5. The quantitative estimate of drug-likeness (QED) is 0.757. The van der Waals surface area contributed by atoms with Crippen molar-refractivity contribution in [2.24, 2.45) is 13.0 Å². The zero-order valence-corrected chi connectivity index (χ0v) is 17.8. The summed E-state index contributed by atoms with van der Waals surface area (Å²) in [5.74, 6) is 0.581. The minimum Gasteiger partial charge on any atom is -0.466 e. The molecule has 2 amide bonds. The van der Waals surface area contributed by atoms with E-state index < -0.39 is 0 Å². The highest BCUT2D eigenvalue weighted by atomic mass is 16.6. The molecular weight excluding hydrogens is 374 g/mol. The first-order valence-electron chi connectivity index (χ1n) is 9.89. The molecule has 0 atom stereocenters. The molecule has 0 radical (unpaired) electrons. The summed E-state index contributed by atoms with van der Waals surface area (Å²) < 4.78 is 12.7. The molecule has 3 rings (SSSR count). The summed E-state index contributed by atoms with van der Waals surface area (Å²) in [4.78, 5) is 32.4. The number of hydrogen-bond acceptors (Lipinski definition) is 6. The Labute approximate surface area is 170 Å². The fourth-order valence-corrected chi connectivity index (χ4v) is 3.34. The van der Waals surface area contributed by atoms with Crippen molar-refractivity contribution in [3.63, 3.8) is 0 Å². The van der Waals surface area contributed by atoms with Crippen LogP contribution < -0.4 is 4.74 Å². The summed E-state index contributed by atoms with van der Waals surface area (Å²) in [6.45, 7) is 10.0. The zero-order chi connectivity index (χ0) is 21.1. The van der Waals surface area contributed by atoms with Gasteiger partial charge in [-0.3, -0.25) is 4.79 Å². The minimum atomic E-state index is -0.319. The standard InChI is InChI=1S/C20H29N5O4/c1-13(2)11-29-20(27)25-8-6-24(7-9-25)16(26)12-28-19-17-14(3)10-15(4)21-18(17)23(5)22-19/h10,13H,6-9,11-12H2,1-5H3. The van der Waals surface area contributed by atoms with Gasteiger partial charge >= 0.3 is 6.09 Å². The average molecular weight is 403 g/mol. The van der Waals surface area contributed by atoms with Gasteiger partial charge in [-0.25, -0.2) is 14.5 Å². The maximum atomic E-state index is 12.6. The van der Waals surface area contributed by atoms with Gasteiger partial charge in [-0.2, -0.15) is 0 Å². The summed E-state index contributed by atoms with van der Waals surface area (Å²) in [6.07, 6.45) is -0.319. The van der Waals surface area contributed by atoms with Gasteiger partial charge in [-0.1, -0.05) is 13.8 Å². The lowest BCUT2D eigenvalue weighted by atomic mass is 10.2. The first-order valence-corrected chi connectivity index (χ1v) is 9.89. The Kier molecular flexibility index (Phi) is 6.24. The van der Waals surface area contributed by atoms with E-state index in [4.69, 9.17) is 9.47 Å². The highest BCUT2D eigenvalue weighted by molar-refractivity contribution is 5.85. The number of amides is 2. The number of aryl methyl sites for hydroxylation is 3. The van der Waals surface area contributed by atoms with E-state index in [2.05, 4.69) is 10.1 Å². The number of fused-ring (bicyclic) bond motifs is 1. The number of ether oxygens (including phenoxy) is 2. The number of rotatable bonds is 5. The first kappa shape index (κ1) is 20.9. The number of carbonyl (C=O) groups is 2. The third kappa shape index (κ3) is 4.78. The van der Waals surface area contributed by atoms with Crippen molar-refractivity contribution in [3.05, 3.63) is 17.3 Å². The Bertz CT molecular complexity index is 900. The average Bonchev–Trinajstić information content (AvgIpc) is 3.00. The summed E-state index contributed by atoms with van der Waals surface area (Å²) >= 11 is 0. The maximum absolute atomic E-state index is 12.6. The Morgan fingerprint density at radius 2 is 1.79 bits per heavy atom. The van der Waals surface area contributed by atoms with Crippen molar-refractivity contribution >= 4 is 23.0 Å². The molecule has 3 heterocycles. The molecule has 0 N–H and O–H groups in total. The SMILES string of the molecule is Cc1cc(C)c2c(OCC(=O)N3CCN(C(=O)OCC(C)C)CC3)nn(C)c2n1. The summed E-state index contributed by atoms with van der Waals surface area (Å²) in [5.41, 5.74) is 2.65. The molecule has 2 aromatic heterocycles. The van der Waals surface area contributed by atoms with Crippen molar-refractivity contribution in [3.8, 4) is 5.88 Å². The Morgan fingerprint density at radius 3 is 2.45 bits per heavy atom. The van der Waals surface area contributed by atoms with Crippen LogP contribution >= 0.6 is 0 Å². The zero-order valence-electron chi connectivity index (χ0n) is 17.8. The lowest BCUT2D eigenvalue weighted by Crippen LogP contribution is -2.51. The van der Waals surface area contributed by atoms with Crippen LogP contribution in [-0.4, -0.2) is 76.0 Å². The second-order valence-corrected chi connectivity index (χ2v) is 7.84. The minimum absolute atomic E-state index is 0.1000. The normalized spacial score (nSPS) is 14.6. The highest BCUT2D eigenvalue weighted by Crippen LogP contribution is 2.27. The molecule has 1 aliphatic heterocycles. The lowest BCUT2D eigenvalue weighted by molar-refractivity contribution is -0.135. The molecule has 1 saturated heterocycles. The van der Waals surface area contributed by atoms with Crippen LogP contribution in [0.25, 0.3) is 11.0 Å². The molecule has 0 saturated carbocycles. The molecule has 9 nitrogen and oxygen atoms in total. The fourth-order valence-electron chi connectivity index (χ4n) is 3.34. The van der Waals surface area contributed by atoms with Crippen molar-refractivity contribution in [2.45, 2.75) is 27.7 Å². The molecule has 1 aliphatic rings. The summed E-state index contributed by atoms with van der Waals surface area (Å²) in [6, 6.07) is 1.97. The van der Waals surface area contributed by atoms with Crippen LogP contribution in [0.4, 0.5) is 4.79 Å². The second-order valence-electron chi connectivity index (χ2n) is 7.84. The largest absolute Gasteiger partial charge is 0.466 e. The Morgan fingerprint density at radius 1 is 1.14 bits per heavy atom.